The molecule has 20 heavy (non-hydrogen) atoms. The average Bonchev–Trinajstić information content (AvgIpc) is 2.92. The van der Waals surface area contributed by atoms with E-state index in [2.05, 4.69) is 20.9 Å². The topological polar surface area (TPSA) is 72.4 Å². The first kappa shape index (κ1) is 14.3. The summed E-state index contributed by atoms with van der Waals surface area (Å²) < 4.78 is 5.94. The Kier molecular flexibility index (Phi) is 4.24. The summed E-state index contributed by atoms with van der Waals surface area (Å²) in [6.45, 7) is 0. The molecular formula is C14H14BrN3O2. The fraction of sp³-hybridized carbons (Fsp3) is 0.143. The standard InChI is InChI=1S/C14H14BrN3O2/c1-18(2)6-5-11(19)9-8-10(15)13(17-14(9)16)12-4-3-7-20-12/h3-8H,1-2H3,(H2,16,17). The van der Waals surface area contributed by atoms with Gasteiger partial charge in [-0.15, -0.1) is 0 Å². The molecule has 0 unspecified atom stereocenters. The Morgan fingerprint density at radius 1 is 1.50 bits per heavy atom. The molecule has 0 aliphatic rings. The fourth-order valence-corrected chi connectivity index (χ4v) is 2.11. The smallest absolute Gasteiger partial charge is 0.191 e. The summed E-state index contributed by atoms with van der Waals surface area (Å²) in [4.78, 5) is 18.0. The lowest BCUT2D eigenvalue weighted by Crippen LogP contribution is -2.07. The molecule has 0 aliphatic heterocycles. The highest BCUT2D eigenvalue weighted by atomic mass is 79.9. The average molecular weight is 336 g/mol. The normalized spacial score (nSPS) is 10.9. The largest absolute Gasteiger partial charge is 0.463 e. The van der Waals surface area contributed by atoms with Gasteiger partial charge in [0.05, 0.1) is 11.8 Å². The van der Waals surface area contributed by atoms with Gasteiger partial charge in [0.25, 0.3) is 0 Å². The first-order valence-electron chi connectivity index (χ1n) is 5.88. The third-order valence-corrected chi connectivity index (χ3v) is 3.15. The van der Waals surface area contributed by atoms with E-state index in [1.165, 1.54) is 6.08 Å². The summed E-state index contributed by atoms with van der Waals surface area (Å²) in [6.07, 6.45) is 4.67. The minimum absolute atomic E-state index is 0.174. The third-order valence-electron chi connectivity index (χ3n) is 2.55. The third kappa shape index (κ3) is 3.08. The maximum Gasteiger partial charge on any atom is 0.191 e. The first-order valence-corrected chi connectivity index (χ1v) is 6.67. The minimum atomic E-state index is -0.199. The molecule has 6 heteroatoms. The molecule has 0 saturated carbocycles. The highest BCUT2D eigenvalue weighted by molar-refractivity contribution is 9.10. The predicted molar refractivity (Wildman–Crippen MR) is 81.2 cm³/mol. The van der Waals surface area contributed by atoms with E-state index in [9.17, 15) is 4.79 Å². The molecule has 2 aromatic rings. The number of carbonyl (C=O) groups excluding carboxylic acids is 1. The summed E-state index contributed by atoms with van der Waals surface area (Å²) in [5.41, 5.74) is 6.78. The van der Waals surface area contributed by atoms with E-state index in [1.807, 2.05) is 14.1 Å². The number of carbonyl (C=O) groups is 1. The minimum Gasteiger partial charge on any atom is -0.463 e. The van der Waals surface area contributed by atoms with Gasteiger partial charge in [-0.1, -0.05) is 0 Å². The van der Waals surface area contributed by atoms with Crippen LogP contribution < -0.4 is 5.73 Å². The van der Waals surface area contributed by atoms with Crippen LogP contribution >= 0.6 is 15.9 Å². The quantitative estimate of drug-likeness (QED) is 0.686. The van der Waals surface area contributed by atoms with Crippen molar-refractivity contribution in [3.63, 3.8) is 0 Å². The highest BCUT2D eigenvalue weighted by Crippen LogP contribution is 2.29. The van der Waals surface area contributed by atoms with Gasteiger partial charge in [0, 0.05) is 30.8 Å². The van der Waals surface area contributed by atoms with E-state index in [-0.39, 0.29) is 11.6 Å². The molecule has 2 N–H and O–H groups in total. The lowest BCUT2D eigenvalue weighted by atomic mass is 10.1. The second-order valence-electron chi connectivity index (χ2n) is 4.37. The number of hydrogen-bond acceptors (Lipinski definition) is 5. The lowest BCUT2D eigenvalue weighted by Gasteiger charge is -2.07. The summed E-state index contributed by atoms with van der Waals surface area (Å²) in [6, 6.07) is 5.20. The van der Waals surface area contributed by atoms with Gasteiger partial charge in [0.15, 0.2) is 11.5 Å². The van der Waals surface area contributed by atoms with Crippen LogP contribution in [0, 0.1) is 0 Å². The second kappa shape index (κ2) is 5.92. The zero-order valence-electron chi connectivity index (χ0n) is 11.1. The summed E-state index contributed by atoms with van der Waals surface area (Å²) >= 11 is 3.39. The van der Waals surface area contributed by atoms with E-state index in [4.69, 9.17) is 10.2 Å². The Balaban J connectivity index is 2.38. The number of rotatable bonds is 4. The second-order valence-corrected chi connectivity index (χ2v) is 5.23. The van der Waals surface area contributed by atoms with Crippen LogP contribution in [0.3, 0.4) is 0 Å². The van der Waals surface area contributed by atoms with Crippen LogP contribution in [0.25, 0.3) is 11.5 Å². The van der Waals surface area contributed by atoms with Crippen molar-refractivity contribution in [3.05, 3.63) is 46.8 Å². The fourth-order valence-electron chi connectivity index (χ4n) is 1.59. The van der Waals surface area contributed by atoms with Crippen LogP contribution in [0.4, 0.5) is 5.82 Å². The van der Waals surface area contributed by atoms with Crippen molar-refractivity contribution < 1.29 is 9.21 Å². The number of hydrogen-bond donors (Lipinski definition) is 1. The molecule has 0 spiro atoms. The molecular weight excluding hydrogens is 322 g/mol. The van der Waals surface area contributed by atoms with E-state index < -0.39 is 0 Å². The molecule has 5 nitrogen and oxygen atoms in total. The number of ketones is 1. The molecule has 0 aliphatic carbocycles. The first-order chi connectivity index (χ1) is 9.49. The molecule has 0 bridgehead atoms. The van der Waals surface area contributed by atoms with Crippen LogP contribution in [0.2, 0.25) is 0 Å². The van der Waals surface area contributed by atoms with Crippen LogP contribution in [-0.4, -0.2) is 29.8 Å². The van der Waals surface area contributed by atoms with Crippen molar-refractivity contribution in [2.75, 3.05) is 19.8 Å². The van der Waals surface area contributed by atoms with E-state index >= 15 is 0 Å². The number of anilines is 1. The molecule has 104 valence electrons. The number of nitrogen functional groups attached to an aromatic ring is 1. The Morgan fingerprint density at radius 2 is 2.25 bits per heavy atom. The molecule has 0 aromatic carbocycles. The monoisotopic (exact) mass is 335 g/mol. The van der Waals surface area contributed by atoms with Crippen molar-refractivity contribution in [2.24, 2.45) is 0 Å². The van der Waals surface area contributed by atoms with Gasteiger partial charge >= 0.3 is 0 Å². The van der Waals surface area contributed by atoms with Crippen molar-refractivity contribution >= 4 is 27.5 Å². The molecule has 2 aromatic heterocycles. The van der Waals surface area contributed by atoms with E-state index in [0.717, 1.165) is 0 Å². The number of nitrogens with zero attached hydrogens (tertiary/aromatic N) is 2. The molecule has 2 heterocycles. The number of nitrogens with two attached hydrogens (primary N) is 1. The molecule has 2 rings (SSSR count). The summed E-state index contributed by atoms with van der Waals surface area (Å²) in [5.74, 6) is 0.565. The zero-order chi connectivity index (χ0) is 14.7. The van der Waals surface area contributed by atoms with Crippen LogP contribution in [0.15, 0.2) is 45.6 Å². The van der Waals surface area contributed by atoms with Crippen molar-refractivity contribution in [2.45, 2.75) is 0 Å². The van der Waals surface area contributed by atoms with Gasteiger partial charge in [-0.25, -0.2) is 4.98 Å². The van der Waals surface area contributed by atoms with Gasteiger partial charge < -0.3 is 15.1 Å². The van der Waals surface area contributed by atoms with Gasteiger partial charge in [-0.3, -0.25) is 4.79 Å². The zero-order valence-corrected chi connectivity index (χ0v) is 12.7. The molecule has 0 fully saturated rings. The lowest BCUT2D eigenvalue weighted by molar-refractivity contribution is 0.104. The number of halogens is 1. The van der Waals surface area contributed by atoms with E-state index in [0.29, 0.717) is 21.5 Å². The SMILES string of the molecule is CN(C)C=CC(=O)c1cc(Br)c(-c2ccco2)nc1N. The molecule has 0 atom stereocenters. The highest BCUT2D eigenvalue weighted by Gasteiger charge is 2.15. The Hall–Kier alpha value is -2.08. The Labute approximate surface area is 125 Å². The number of aromatic nitrogens is 1. The van der Waals surface area contributed by atoms with Gasteiger partial charge in [0.1, 0.15) is 11.5 Å². The van der Waals surface area contributed by atoms with Crippen molar-refractivity contribution in [1.82, 2.24) is 9.88 Å². The van der Waals surface area contributed by atoms with Gasteiger partial charge in [-0.05, 0) is 34.1 Å². The van der Waals surface area contributed by atoms with Crippen molar-refractivity contribution in [3.8, 4) is 11.5 Å². The summed E-state index contributed by atoms with van der Waals surface area (Å²) in [7, 11) is 3.67. The maximum atomic E-state index is 12.0. The predicted octanol–water partition coefficient (Wildman–Crippen LogP) is 2.94. The van der Waals surface area contributed by atoms with Crippen LogP contribution in [0.5, 0.6) is 0 Å². The number of allylic oxidation sites excluding steroid dienone is 1. The Morgan fingerprint density at radius 3 is 2.85 bits per heavy atom. The van der Waals surface area contributed by atoms with E-state index in [1.54, 1.807) is 35.6 Å². The number of pyridine rings is 1. The number of furan rings is 1. The van der Waals surface area contributed by atoms with Crippen LogP contribution in [0.1, 0.15) is 10.4 Å². The maximum absolute atomic E-state index is 12.0. The Bertz CT molecular complexity index is 649. The van der Waals surface area contributed by atoms with Gasteiger partial charge in [0.2, 0.25) is 0 Å². The van der Waals surface area contributed by atoms with Crippen LogP contribution in [-0.2, 0) is 0 Å². The molecule has 0 radical (unpaired) electrons. The van der Waals surface area contributed by atoms with Gasteiger partial charge in [-0.2, -0.15) is 0 Å². The molecule has 0 amide bonds. The summed E-state index contributed by atoms with van der Waals surface area (Å²) in [5, 5.41) is 0. The molecule has 0 saturated heterocycles. The van der Waals surface area contributed by atoms with Crippen molar-refractivity contribution in [1.29, 1.82) is 0 Å².